The molecule has 134 valence electrons. The van der Waals surface area contributed by atoms with Crippen molar-refractivity contribution < 1.29 is 13.2 Å². The van der Waals surface area contributed by atoms with Crippen LogP contribution in [0.25, 0.3) is 0 Å². The number of aromatic nitrogens is 1. The molecule has 0 saturated carbocycles. The van der Waals surface area contributed by atoms with Crippen LogP contribution in [-0.2, 0) is 23.2 Å². The van der Waals surface area contributed by atoms with Gasteiger partial charge in [-0.2, -0.15) is 4.31 Å². The van der Waals surface area contributed by atoms with Gasteiger partial charge in [-0.1, -0.05) is 12.1 Å². The zero-order valence-corrected chi connectivity index (χ0v) is 15.4. The molecule has 1 aliphatic rings. The largest absolute Gasteiger partial charge is 0.489 e. The van der Waals surface area contributed by atoms with Crippen molar-refractivity contribution in [1.82, 2.24) is 9.29 Å². The van der Waals surface area contributed by atoms with E-state index in [2.05, 4.69) is 4.98 Å². The number of pyridine rings is 1. The molecule has 1 aliphatic heterocycles. The summed E-state index contributed by atoms with van der Waals surface area (Å²) >= 11 is 0. The first-order valence-electron chi connectivity index (χ1n) is 8.58. The molecule has 1 aromatic carbocycles. The molecule has 2 heterocycles. The fourth-order valence-electron chi connectivity index (χ4n) is 3.01. The summed E-state index contributed by atoms with van der Waals surface area (Å²) in [4.78, 5) is 3.98. The Morgan fingerprint density at radius 2 is 1.72 bits per heavy atom. The van der Waals surface area contributed by atoms with Gasteiger partial charge in [0.05, 0.1) is 5.25 Å². The average molecular weight is 360 g/mol. The summed E-state index contributed by atoms with van der Waals surface area (Å²) in [5, 5.41) is -0.299. The average Bonchev–Trinajstić information content (AvgIpc) is 2.62. The van der Waals surface area contributed by atoms with Gasteiger partial charge in [-0.15, -0.1) is 0 Å². The Hall–Kier alpha value is -1.92. The summed E-state index contributed by atoms with van der Waals surface area (Å²) in [5.41, 5.74) is 2.03. The number of hydrogen-bond donors (Lipinski definition) is 0. The topological polar surface area (TPSA) is 59.5 Å². The molecular weight excluding hydrogens is 336 g/mol. The van der Waals surface area contributed by atoms with Gasteiger partial charge in [0.1, 0.15) is 12.4 Å². The standard InChI is InChI=1S/C19H24N2O3S/c1-15-3-4-16(2)25(22,23)21(15)13-17-5-7-19(8-6-17)24-14-18-9-11-20-12-10-18/h5-12,15-16H,3-4,13-14H2,1-2H3/t15-,16?/m0/s1. The predicted molar refractivity (Wildman–Crippen MR) is 97.6 cm³/mol. The maximum absolute atomic E-state index is 12.6. The molecule has 1 saturated heterocycles. The van der Waals surface area contributed by atoms with E-state index in [0.717, 1.165) is 29.7 Å². The van der Waals surface area contributed by atoms with Crippen molar-refractivity contribution in [2.45, 2.75) is 51.1 Å². The van der Waals surface area contributed by atoms with Gasteiger partial charge in [-0.05, 0) is 62.1 Å². The Kier molecular flexibility index (Phi) is 5.39. The first-order valence-corrected chi connectivity index (χ1v) is 10.1. The van der Waals surface area contributed by atoms with Crippen LogP contribution in [0.4, 0.5) is 0 Å². The van der Waals surface area contributed by atoms with Crippen LogP contribution in [-0.4, -0.2) is 29.0 Å². The molecule has 3 rings (SSSR count). The fraction of sp³-hybridized carbons (Fsp3) is 0.421. The van der Waals surface area contributed by atoms with Crippen molar-refractivity contribution in [3.05, 3.63) is 59.9 Å². The third-order valence-electron chi connectivity index (χ3n) is 4.73. The Labute approximate surface area is 149 Å². The summed E-state index contributed by atoms with van der Waals surface area (Å²) in [6, 6.07) is 11.5. The zero-order chi connectivity index (χ0) is 17.9. The van der Waals surface area contributed by atoms with E-state index in [9.17, 15) is 8.42 Å². The maximum atomic E-state index is 12.6. The Bertz CT molecular complexity index is 791. The van der Waals surface area contributed by atoms with Crippen LogP contribution in [0.2, 0.25) is 0 Å². The van der Waals surface area contributed by atoms with E-state index in [1.54, 1.807) is 23.6 Å². The highest BCUT2D eigenvalue weighted by molar-refractivity contribution is 7.89. The summed E-state index contributed by atoms with van der Waals surface area (Å²) < 4.78 is 32.5. The van der Waals surface area contributed by atoms with E-state index in [1.165, 1.54) is 0 Å². The van der Waals surface area contributed by atoms with Crippen molar-refractivity contribution in [1.29, 1.82) is 0 Å². The molecule has 0 aliphatic carbocycles. The normalized spacial score (nSPS) is 23.3. The smallest absolute Gasteiger partial charge is 0.217 e. The van der Waals surface area contributed by atoms with E-state index in [-0.39, 0.29) is 11.3 Å². The van der Waals surface area contributed by atoms with Crippen LogP contribution in [0, 0.1) is 0 Å². The van der Waals surface area contributed by atoms with Crippen molar-refractivity contribution in [3.8, 4) is 5.75 Å². The first kappa shape index (κ1) is 17.9. The zero-order valence-electron chi connectivity index (χ0n) is 14.6. The summed E-state index contributed by atoms with van der Waals surface area (Å²) in [7, 11) is -3.21. The third-order valence-corrected chi connectivity index (χ3v) is 7.13. The minimum atomic E-state index is -3.21. The van der Waals surface area contributed by atoms with Crippen LogP contribution >= 0.6 is 0 Å². The van der Waals surface area contributed by atoms with E-state index < -0.39 is 10.0 Å². The third kappa shape index (κ3) is 4.19. The van der Waals surface area contributed by atoms with E-state index in [1.807, 2.05) is 43.3 Å². The van der Waals surface area contributed by atoms with Crippen LogP contribution in [0.3, 0.4) is 0 Å². The highest BCUT2D eigenvalue weighted by atomic mass is 32.2. The molecule has 1 aromatic heterocycles. The number of rotatable bonds is 5. The molecule has 0 bridgehead atoms. The van der Waals surface area contributed by atoms with Gasteiger partial charge in [0, 0.05) is 25.0 Å². The van der Waals surface area contributed by atoms with Gasteiger partial charge in [0.25, 0.3) is 0 Å². The van der Waals surface area contributed by atoms with Crippen LogP contribution in [0.1, 0.15) is 37.8 Å². The molecule has 0 spiro atoms. The second kappa shape index (κ2) is 7.54. The molecule has 1 unspecified atom stereocenters. The molecule has 5 nitrogen and oxygen atoms in total. The van der Waals surface area contributed by atoms with Crippen molar-refractivity contribution in [3.63, 3.8) is 0 Å². The highest BCUT2D eigenvalue weighted by Crippen LogP contribution is 2.28. The fourth-order valence-corrected chi connectivity index (χ4v) is 4.85. The van der Waals surface area contributed by atoms with E-state index in [4.69, 9.17) is 4.74 Å². The van der Waals surface area contributed by atoms with Gasteiger partial charge in [0.2, 0.25) is 10.0 Å². The van der Waals surface area contributed by atoms with Gasteiger partial charge < -0.3 is 4.74 Å². The second-order valence-electron chi connectivity index (χ2n) is 6.62. The predicted octanol–water partition coefficient (Wildman–Crippen LogP) is 3.36. The monoisotopic (exact) mass is 360 g/mol. The van der Waals surface area contributed by atoms with Crippen molar-refractivity contribution in [2.75, 3.05) is 0 Å². The van der Waals surface area contributed by atoms with E-state index in [0.29, 0.717) is 13.2 Å². The Morgan fingerprint density at radius 3 is 2.40 bits per heavy atom. The van der Waals surface area contributed by atoms with Crippen molar-refractivity contribution >= 4 is 10.0 Å². The second-order valence-corrected chi connectivity index (χ2v) is 8.92. The van der Waals surface area contributed by atoms with Gasteiger partial charge in [-0.3, -0.25) is 4.98 Å². The summed E-state index contributed by atoms with van der Waals surface area (Å²) in [6.45, 7) is 4.68. The van der Waals surface area contributed by atoms with Crippen LogP contribution in [0.15, 0.2) is 48.8 Å². The molecular formula is C19H24N2O3S. The lowest BCUT2D eigenvalue weighted by molar-refractivity contribution is 0.283. The summed E-state index contributed by atoms with van der Waals surface area (Å²) in [5.74, 6) is 0.767. The maximum Gasteiger partial charge on any atom is 0.217 e. The van der Waals surface area contributed by atoms with Gasteiger partial charge >= 0.3 is 0 Å². The number of sulfonamides is 1. The quantitative estimate of drug-likeness (QED) is 0.820. The molecule has 2 aromatic rings. The van der Waals surface area contributed by atoms with E-state index >= 15 is 0 Å². The lowest BCUT2D eigenvalue weighted by Gasteiger charge is -2.36. The number of nitrogens with zero attached hydrogens (tertiary/aromatic N) is 2. The Morgan fingerprint density at radius 1 is 1.04 bits per heavy atom. The number of benzene rings is 1. The lowest BCUT2D eigenvalue weighted by Crippen LogP contribution is -2.46. The highest BCUT2D eigenvalue weighted by Gasteiger charge is 2.36. The van der Waals surface area contributed by atoms with Gasteiger partial charge in [0.15, 0.2) is 0 Å². The minimum absolute atomic E-state index is 0.0452. The molecule has 0 N–H and O–H groups in total. The van der Waals surface area contributed by atoms with Crippen LogP contribution < -0.4 is 4.74 Å². The molecule has 1 fully saturated rings. The SMILES string of the molecule is CC1CC[C@H](C)N(Cc2ccc(OCc3ccncc3)cc2)S1(=O)=O. The Balaban J connectivity index is 1.64. The summed E-state index contributed by atoms with van der Waals surface area (Å²) in [6.07, 6.45) is 5.13. The molecule has 25 heavy (non-hydrogen) atoms. The minimum Gasteiger partial charge on any atom is -0.489 e. The lowest BCUT2D eigenvalue weighted by atomic mass is 10.1. The van der Waals surface area contributed by atoms with Gasteiger partial charge in [-0.25, -0.2) is 8.42 Å². The van der Waals surface area contributed by atoms with Crippen molar-refractivity contribution in [2.24, 2.45) is 0 Å². The van der Waals surface area contributed by atoms with Crippen LogP contribution in [0.5, 0.6) is 5.75 Å². The molecule has 0 amide bonds. The molecule has 2 atom stereocenters. The molecule has 0 radical (unpaired) electrons. The number of ether oxygens (including phenoxy) is 1. The number of hydrogen-bond acceptors (Lipinski definition) is 4. The molecule has 6 heteroatoms. The first-order chi connectivity index (χ1) is 12.0.